The van der Waals surface area contributed by atoms with E-state index in [0.717, 1.165) is 0 Å². The molecule has 1 unspecified atom stereocenters. The normalized spacial score (nSPS) is 23.1. The van der Waals surface area contributed by atoms with Gasteiger partial charge < -0.3 is 14.5 Å². The van der Waals surface area contributed by atoms with Crippen LogP contribution in [0.25, 0.3) is 0 Å². The lowest BCUT2D eigenvalue weighted by Gasteiger charge is -2.28. The van der Waals surface area contributed by atoms with E-state index in [-0.39, 0.29) is 24.1 Å². The number of carboxylic acid groups (broad SMARTS) is 1. The first-order valence-corrected chi connectivity index (χ1v) is 6.33. The fourth-order valence-electron chi connectivity index (χ4n) is 2.53. The van der Waals surface area contributed by atoms with E-state index in [1.54, 1.807) is 17.9 Å². The van der Waals surface area contributed by atoms with Gasteiger partial charge in [0.2, 0.25) is 0 Å². The van der Waals surface area contributed by atoms with Crippen molar-refractivity contribution < 1.29 is 19.2 Å². The van der Waals surface area contributed by atoms with Crippen molar-refractivity contribution in [3.05, 3.63) is 17.5 Å². The van der Waals surface area contributed by atoms with Gasteiger partial charge in [0.25, 0.3) is 5.91 Å². The molecule has 0 saturated carbocycles. The maximum atomic E-state index is 12.2. The third-order valence-corrected chi connectivity index (χ3v) is 3.97. The first-order valence-electron chi connectivity index (χ1n) is 6.33. The van der Waals surface area contributed by atoms with Gasteiger partial charge in [-0.05, 0) is 19.3 Å². The molecule has 2 heterocycles. The monoisotopic (exact) mass is 266 g/mol. The Balaban J connectivity index is 2.18. The van der Waals surface area contributed by atoms with Crippen LogP contribution in [0.15, 0.2) is 10.6 Å². The summed E-state index contributed by atoms with van der Waals surface area (Å²) in [4.78, 5) is 25.3. The lowest BCUT2D eigenvalue weighted by molar-refractivity contribution is -0.150. The van der Waals surface area contributed by atoms with E-state index in [0.29, 0.717) is 18.7 Å². The number of carboxylic acids is 1. The fraction of sp³-hybridized carbons (Fsp3) is 0.615. The van der Waals surface area contributed by atoms with E-state index >= 15 is 0 Å². The quantitative estimate of drug-likeness (QED) is 0.897. The number of aryl methyl sites for hydroxylation is 1. The van der Waals surface area contributed by atoms with Crippen LogP contribution in [0.3, 0.4) is 0 Å². The SMILES string of the molecule is Cc1cc(C(=O)N2CCC(C(=O)O)(C(C)C)C2)no1. The Morgan fingerprint density at radius 3 is 2.63 bits per heavy atom. The molecule has 1 fully saturated rings. The second-order valence-corrected chi connectivity index (χ2v) is 5.42. The molecule has 0 bridgehead atoms. The van der Waals surface area contributed by atoms with Crippen molar-refractivity contribution in [3.8, 4) is 0 Å². The van der Waals surface area contributed by atoms with E-state index in [1.807, 2.05) is 13.8 Å². The van der Waals surface area contributed by atoms with Gasteiger partial charge in [-0.3, -0.25) is 9.59 Å². The van der Waals surface area contributed by atoms with Crippen LogP contribution in [-0.4, -0.2) is 40.1 Å². The lowest BCUT2D eigenvalue weighted by atomic mass is 9.76. The number of aliphatic carboxylic acids is 1. The van der Waals surface area contributed by atoms with E-state index < -0.39 is 11.4 Å². The minimum absolute atomic E-state index is 0.0261. The number of nitrogens with zero attached hydrogens (tertiary/aromatic N) is 2. The minimum Gasteiger partial charge on any atom is -0.481 e. The van der Waals surface area contributed by atoms with Crippen molar-refractivity contribution in [2.45, 2.75) is 27.2 Å². The lowest BCUT2D eigenvalue weighted by Crippen LogP contribution is -2.40. The summed E-state index contributed by atoms with van der Waals surface area (Å²) in [6.07, 6.45) is 0.475. The van der Waals surface area contributed by atoms with Gasteiger partial charge in [-0.1, -0.05) is 19.0 Å². The number of carbonyl (C=O) groups is 2. The second-order valence-electron chi connectivity index (χ2n) is 5.42. The number of rotatable bonds is 3. The molecule has 1 N–H and O–H groups in total. The molecule has 0 radical (unpaired) electrons. The Labute approximate surface area is 111 Å². The summed E-state index contributed by atoms with van der Waals surface area (Å²) < 4.78 is 4.88. The molecule has 2 rings (SSSR count). The average Bonchev–Trinajstić information content (AvgIpc) is 2.94. The minimum atomic E-state index is -0.853. The van der Waals surface area contributed by atoms with Crippen LogP contribution >= 0.6 is 0 Å². The van der Waals surface area contributed by atoms with Crippen LogP contribution in [-0.2, 0) is 4.79 Å². The number of carbonyl (C=O) groups excluding carboxylic acids is 1. The molecule has 1 aliphatic rings. The number of hydrogen-bond donors (Lipinski definition) is 1. The van der Waals surface area contributed by atoms with Gasteiger partial charge in [-0.25, -0.2) is 0 Å². The van der Waals surface area contributed by atoms with Gasteiger partial charge in [0.15, 0.2) is 5.69 Å². The number of hydrogen-bond acceptors (Lipinski definition) is 4. The largest absolute Gasteiger partial charge is 0.481 e. The van der Waals surface area contributed by atoms with Crippen molar-refractivity contribution in [2.75, 3.05) is 13.1 Å². The molecular weight excluding hydrogens is 248 g/mol. The van der Waals surface area contributed by atoms with Crippen LogP contribution < -0.4 is 0 Å². The third kappa shape index (κ3) is 2.22. The zero-order chi connectivity index (χ0) is 14.2. The maximum Gasteiger partial charge on any atom is 0.311 e. The van der Waals surface area contributed by atoms with Crippen molar-refractivity contribution in [2.24, 2.45) is 11.3 Å². The molecule has 1 atom stereocenters. The maximum absolute atomic E-state index is 12.2. The van der Waals surface area contributed by atoms with Gasteiger partial charge >= 0.3 is 5.97 Å². The van der Waals surface area contributed by atoms with Crippen molar-refractivity contribution in [1.29, 1.82) is 0 Å². The van der Waals surface area contributed by atoms with Crippen LogP contribution in [0.4, 0.5) is 0 Å². The highest BCUT2D eigenvalue weighted by Gasteiger charge is 2.48. The molecule has 0 aliphatic carbocycles. The smallest absolute Gasteiger partial charge is 0.311 e. The van der Waals surface area contributed by atoms with Gasteiger partial charge in [0.05, 0.1) is 5.41 Å². The molecule has 0 spiro atoms. The molecular formula is C13H18N2O4. The Bertz CT molecular complexity index is 508. The number of aromatic nitrogens is 1. The molecule has 19 heavy (non-hydrogen) atoms. The van der Waals surface area contributed by atoms with Gasteiger partial charge in [-0.15, -0.1) is 0 Å². The summed E-state index contributed by atoms with van der Waals surface area (Å²) in [5.74, 6) is -0.562. The highest BCUT2D eigenvalue weighted by molar-refractivity contribution is 5.93. The van der Waals surface area contributed by atoms with Gasteiger partial charge in [0, 0.05) is 19.2 Å². The fourth-order valence-corrected chi connectivity index (χ4v) is 2.53. The summed E-state index contributed by atoms with van der Waals surface area (Å²) in [5.41, 5.74) is -0.614. The average molecular weight is 266 g/mol. The van der Waals surface area contributed by atoms with E-state index in [2.05, 4.69) is 5.16 Å². The molecule has 0 aromatic carbocycles. The zero-order valence-electron chi connectivity index (χ0n) is 11.3. The number of likely N-dealkylation sites (tertiary alicyclic amines) is 1. The summed E-state index contributed by atoms with van der Waals surface area (Å²) in [5, 5.41) is 13.1. The zero-order valence-corrected chi connectivity index (χ0v) is 11.3. The summed E-state index contributed by atoms with van der Waals surface area (Å²) in [6, 6.07) is 1.57. The van der Waals surface area contributed by atoms with Gasteiger partial charge in [-0.2, -0.15) is 0 Å². The number of amides is 1. The van der Waals surface area contributed by atoms with E-state index in [1.165, 1.54) is 0 Å². The van der Waals surface area contributed by atoms with E-state index in [9.17, 15) is 14.7 Å². The Kier molecular flexibility index (Phi) is 3.34. The predicted molar refractivity (Wildman–Crippen MR) is 66.7 cm³/mol. The van der Waals surface area contributed by atoms with Crippen LogP contribution in [0.2, 0.25) is 0 Å². The molecule has 6 nitrogen and oxygen atoms in total. The molecule has 1 amide bonds. The summed E-state index contributed by atoms with van der Waals surface area (Å²) in [7, 11) is 0. The van der Waals surface area contributed by atoms with Crippen molar-refractivity contribution in [3.63, 3.8) is 0 Å². The van der Waals surface area contributed by atoms with Crippen LogP contribution in [0.1, 0.15) is 36.5 Å². The Hall–Kier alpha value is -1.85. The highest BCUT2D eigenvalue weighted by atomic mass is 16.5. The molecule has 1 aromatic rings. The summed E-state index contributed by atoms with van der Waals surface area (Å²) in [6.45, 7) is 6.13. The second kappa shape index (κ2) is 4.68. The van der Waals surface area contributed by atoms with Crippen molar-refractivity contribution >= 4 is 11.9 Å². The topological polar surface area (TPSA) is 83.6 Å². The van der Waals surface area contributed by atoms with Gasteiger partial charge in [0.1, 0.15) is 5.76 Å². The molecule has 1 saturated heterocycles. The highest BCUT2D eigenvalue weighted by Crippen LogP contribution is 2.38. The molecule has 6 heteroatoms. The third-order valence-electron chi connectivity index (χ3n) is 3.97. The van der Waals surface area contributed by atoms with Crippen LogP contribution in [0, 0.1) is 18.3 Å². The van der Waals surface area contributed by atoms with Crippen molar-refractivity contribution in [1.82, 2.24) is 10.1 Å². The first-order chi connectivity index (χ1) is 8.86. The molecule has 1 aliphatic heterocycles. The summed E-state index contributed by atoms with van der Waals surface area (Å²) >= 11 is 0. The molecule has 104 valence electrons. The Morgan fingerprint density at radius 1 is 1.53 bits per heavy atom. The molecule has 1 aromatic heterocycles. The Morgan fingerprint density at radius 2 is 2.21 bits per heavy atom. The van der Waals surface area contributed by atoms with E-state index in [4.69, 9.17) is 4.52 Å². The first kappa shape index (κ1) is 13.6. The van der Waals surface area contributed by atoms with Crippen LogP contribution in [0.5, 0.6) is 0 Å². The standard InChI is InChI=1S/C13H18N2O4/c1-8(2)13(12(17)18)4-5-15(7-13)11(16)10-6-9(3)19-14-10/h6,8H,4-5,7H2,1-3H3,(H,17,18). The predicted octanol–water partition coefficient (Wildman–Crippen LogP) is 1.56.